The van der Waals surface area contributed by atoms with Crippen molar-refractivity contribution in [1.82, 2.24) is 0 Å². The maximum absolute atomic E-state index is 11.2. The van der Waals surface area contributed by atoms with Gasteiger partial charge in [0.25, 0.3) is 0 Å². The average molecular weight is 238 g/mol. The predicted octanol–water partition coefficient (Wildman–Crippen LogP) is -0.169. The Morgan fingerprint density at radius 3 is 2.13 bits per heavy atom. The van der Waals surface area contributed by atoms with E-state index in [1.165, 1.54) is 0 Å². The molecule has 0 aromatic rings. The van der Waals surface area contributed by atoms with E-state index in [1.54, 1.807) is 0 Å². The average Bonchev–Trinajstić information content (AvgIpc) is 2.15. The lowest BCUT2D eigenvalue weighted by Crippen LogP contribution is -2.55. The van der Waals surface area contributed by atoms with Crippen LogP contribution in [0.5, 0.6) is 0 Å². The van der Waals surface area contributed by atoms with Crippen molar-refractivity contribution >= 4 is 29.3 Å². The molecule has 0 saturated carbocycles. The Balaban J connectivity index is 4.46. The van der Waals surface area contributed by atoms with Crippen LogP contribution in [-0.2, 0) is 14.4 Å². The minimum Gasteiger partial charge on any atom is -0.481 e. The van der Waals surface area contributed by atoms with E-state index in [9.17, 15) is 14.4 Å². The van der Waals surface area contributed by atoms with Crippen LogP contribution in [0.1, 0.15) is 19.3 Å². The van der Waals surface area contributed by atoms with Gasteiger partial charge in [-0.15, -0.1) is 11.6 Å². The topological polar surface area (TPSA) is 118 Å². The molecular formula is C8H12ClNO5. The number of hydrogen-bond donors (Lipinski definition) is 3. The zero-order valence-electron chi connectivity index (χ0n) is 7.90. The van der Waals surface area contributed by atoms with Gasteiger partial charge in [0.2, 0.25) is 0 Å². The molecule has 0 aliphatic rings. The van der Waals surface area contributed by atoms with E-state index >= 15 is 0 Å². The van der Waals surface area contributed by atoms with E-state index in [4.69, 9.17) is 27.5 Å². The summed E-state index contributed by atoms with van der Waals surface area (Å²) in [5.74, 6) is -3.88. The van der Waals surface area contributed by atoms with Gasteiger partial charge in [0.15, 0.2) is 11.3 Å². The Labute approximate surface area is 91.0 Å². The first-order valence-corrected chi connectivity index (χ1v) is 4.71. The van der Waals surface area contributed by atoms with E-state index in [0.717, 1.165) is 0 Å². The smallest absolute Gasteiger partial charge is 0.331 e. The number of ketones is 1. The lowest BCUT2D eigenvalue weighted by atomic mass is 9.90. The number of carboxylic acids is 2. The highest BCUT2D eigenvalue weighted by Crippen LogP contribution is 2.14. The minimum absolute atomic E-state index is 0.0146. The van der Waals surface area contributed by atoms with Crippen LogP contribution in [0.4, 0.5) is 0 Å². The van der Waals surface area contributed by atoms with Gasteiger partial charge in [0.1, 0.15) is 0 Å². The standard InChI is InChI=1S/C8H12ClNO5/c9-4-5(11)8(10,7(14)15)3-1-2-6(12)13/h1-4,10H2,(H,12,13)(H,14,15). The first-order valence-electron chi connectivity index (χ1n) is 4.18. The number of nitrogens with two attached hydrogens (primary N) is 1. The van der Waals surface area contributed by atoms with Crippen molar-refractivity contribution in [2.45, 2.75) is 24.8 Å². The number of carbonyl (C=O) groups is 3. The first-order chi connectivity index (χ1) is 6.84. The molecule has 0 heterocycles. The number of carbonyl (C=O) groups excluding carboxylic acids is 1. The maximum atomic E-state index is 11.2. The molecule has 0 rings (SSSR count). The second-order valence-electron chi connectivity index (χ2n) is 3.08. The summed E-state index contributed by atoms with van der Waals surface area (Å²) in [4.78, 5) is 32.1. The zero-order chi connectivity index (χ0) is 12.1. The van der Waals surface area contributed by atoms with Gasteiger partial charge in [-0.3, -0.25) is 9.59 Å². The Morgan fingerprint density at radius 2 is 1.80 bits per heavy atom. The van der Waals surface area contributed by atoms with Crippen LogP contribution in [-0.4, -0.2) is 39.4 Å². The van der Waals surface area contributed by atoms with Crippen molar-refractivity contribution in [2.75, 3.05) is 5.88 Å². The summed E-state index contributed by atoms with van der Waals surface area (Å²) >= 11 is 5.21. The fraction of sp³-hybridized carbons (Fsp3) is 0.625. The van der Waals surface area contributed by atoms with Gasteiger partial charge in [-0.2, -0.15) is 0 Å². The van der Waals surface area contributed by atoms with Crippen LogP contribution in [0, 0.1) is 0 Å². The molecule has 0 aromatic carbocycles. The molecule has 0 aliphatic heterocycles. The van der Waals surface area contributed by atoms with Gasteiger partial charge in [-0.05, 0) is 12.8 Å². The molecule has 86 valence electrons. The Kier molecular flexibility index (Phi) is 5.24. The molecule has 0 aliphatic carbocycles. The normalized spacial score (nSPS) is 14.3. The van der Waals surface area contributed by atoms with Gasteiger partial charge < -0.3 is 15.9 Å². The Hall–Kier alpha value is -1.14. The van der Waals surface area contributed by atoms with Crippen molar-refractivity contribution in [3.63, 3.8) is 0 Å². The summed E-state index contributed by atoms with van der Waals surface area (Å²) in [5, 5.41) is 17.1. The third kappa shape index (κ3) is 3.85. The number of aliphatic carboxylic acids is 2. The third-order valence-corrected chi connectivity index (χ3v) is 2.21. The number of alkyl halides is 1. The number of halogens is 1. The maximum Gasteiger partial charge on any atom is 0.331 e. The molecule has 0 fully saturated rings. The van der Waals surface area contributed by atoms with Gasteiger partial charge in [-0.25, -0.2) is 4.79 Å². The predicted molar refractivity (Wildman–Crippen MR) is 51.8 cm³/mol. The molecule has 0 radical (unpaired) electrons. The SMILES string of the molecule is NC(CCCC(=O)O)(C(=O)O)C(=O)CCl. The lowest BCUT2D eigenvalue weighted by Gasteiger charge is -2.21. The van der Waals surface area contributed by atoms with Crippen molar-refractivity contribution in [3.05, 3.63) is 0 Å². The highest BCUT2D eigenvalue weighted by Gasteiger charge is 2.40. The molecule has 1 unspecified atom stereocenters. The molecular weight excluding hydrogens is 226 g/mol. The Morgan fingerprint density at radius 1 is 1.27 bits per heavy atom. The van der Waals surface area contributed by atoms with Crippen LogP contribution >= 0.6 is 11.6 Å². The molecule has 1 atom stereocenters. The van der Waals surface area contributed by atoms with Crippen LogP contribution < -0.4 is 5.73 Å². The Bertz CT molecular complexity index is 280. The van der Waals surface area contributed by atoms with Gasteiger partial charge in [0.05, 0.1) is 5.88 Å². The summed E-state index contributed by atoms with van der Waals surface area (Å²) < 4.78 is 0. The minimum atomic E-state index is -2.07. The number of Topliss-reactive ketones (excluding diaryl/α,β-unsaturated/α-hetero) is 1. The third-order valence-electron chi connectivity index (χ3n) is 1.96. The summed E-state index contributed by atoms with van der Waals surface area (Å²) in [6.07, 6.45) is -0.456. The fourth-order valence-corrected chi connectivity index (χ4v) is 1.24. The van der Waals surface area contributed by atoms with E-state index in [0.29, 0.717) is 0 Å². The van der Waals surface area contributed by atoms with E-state index < -0.39 is 29.1 Å². The molecule has 0 bridgehead atoms. The van der Waals surface area contributed by atoms with Crippen molar-refractivity contribution in [2.24, 2.45) is 5.73 Å². The van der Waals surface area contributed by atoms with E-state index in [1.807, 2.05) is 0 Å². The summed E-state index contributed by atoms with van der Waals surface area (Å²) in [5.41, 5.74) is 3.28. The molecule has 6 nitrogen and oxygen atoms in total. The van der Waals surface area contributed by atoms with Gasteiger partial charge in [-0.1, -0.05) is 0 Å². The largest absolute Gasteiger partial charge is 0.481 e. The highest BCUT2D eigenvalue weighted by atomic mass is 35.5. The highest BCUT2D eigenvalue weighted by molar-refractivity contribution is 6.31. The summed E-state index contributed by atoms with van der Waals surface area (Å²) in [7, 11) is 0. The van der Waals surface area contributed by atoms with Crippen molar-refractivity contribution in [1.29, 1.82) is 0 Å². The van der Waals surface area contributed by atoms with E-state index in [2.05, 4.69) is 0 Å². The lowest BCUT2D eigenvalue weighted by molar-refractivity contribution is -0.148. The first kappa shape index (κ1) is 13.9. The second kappa shape index (κ2) is 5.67. The fourth-order valence-electron chi connectivity index (χ4n) is 1.00. The van der Waals surface area contributed by atoms with Gasteiger partial charge in [0, 0.05) is 6.42 Å². The molecule has 0 aromatic heterocycles. The molecule has 0 amide bonds. The molecule has 4 N–H and O–H groups in total. The monoisotopic (exact) mass is 237 g/mol. The summed E-state index contributed by atoms with van der Waals surface area (Å²) in [6.45, 7) is 0. The number of hydrogen-bond acceptors (Lipinski definition) is 4. The molecule has 0 saturated heterocycles. The van der Waals surface area contributed by atoms with Crippen LogP contribution in [0.15, 0.2) is 0 Å². The molecule has 15 heavy (non-hydrogen) atoms. The number of carboxylic acid groups (broad SMARTS) is 2. The number of rotatable bonds is 7. The molecule has 0 spiro atoms. The second-order valence-corrected chi connectivity index (χ2v) is 3.35. The van der Waals surface area contributed by atoms with E-state index in [-0.39, 0.29) is 19.3 Å². The van der Waals surface area contributed by atoms with Gasteiger partial charge >= 0.3 is 11.9 Å². The van der Waals surface area contributed by atoms with Crippen molar-refractivity contribution in [3.8, 4) is 0 Å². The van der Waals surface area contributed by atoms with Crippen LogP contribution in [0.25, 0.3) is 0 Å². The quantitative estimate of drug-likeness (QED) is 0.418. The molecule has 7 heteroatoms. The summed E-state index contributed by atoms with van der Waals surface area (Å²) in [6, 6.07) is 0. The van der Waals surface area contributed by atoms with Crippen LogP contribution in [0.3, 0.4) is 0 Å². The van der Waals surface area contributed by atoms with Crippen LogP contribution in [0.2, 0.25) is 0 Å². The zero-order valence-corrected chi connectivity index (χ0v) is 8.66. The van der Waals surface area contributed by atoms with Crippen molar-refractivity contribution < 1.29 is 24.6 Å².